The average Bonchev–Trinajstić information content (AvgIpc) is 2.88. The van der Waals surface area contributed by atoms with Crippen LogP contribution in [0.15, 0.2) is 36.4 Å². The third-order valence-electron chi connectivity index (χ3n) is 2.55. The number of fused-ring (bicyclic) bond motifs is 1. The highest BCUT2D eigenvalue weighted by Crippen LogP contribution is 2.17. The van der Waals surface area contributed by atoms with Crippen molar-refractivity contribution in [3.8, 4) is 0 Å². The molecule has 0 radical (unpaired) electrons. The van der Waals surface area contributed by atoms with Crippen molar-refractivity contribution in [3.05, 3.63) is 36.4 Å². The second-order valence-electron chi connectivity index (χ2n) is 4.13. The highest BCUT2D eigenvalue weighted by atomic mass is 16.1. The molecule has 3 rings (SSSR count). The van der Waals surface area contributed by atoms with Gasteiger partial charge in [-0.1, -0.05) is 0 Å². The van der Waals surface area contributed by atoms with E-state index in [2.05, 4.69) is 31.3 Å². The first kappa shape index (κ1) is 12.0. The maximum atomic E-state index is 10.9. The molecule has 1 aromatic carbocycles. The number of aromatic nitrogens is 5. The Labute approximate surface area is 113 Å². The summed E-state index contributed by atoms with van der Waals surface area (Å²) in [6.07, 6.45) is 0. The Balaban J connectivity index is 1.78. The number of nitrogens with one attached hydrogen (secondary N) is 2. The quantitative estimate of drug-likeness (QED) is 0.742. The number of hydrogen-bond acceptors (Lipinski definition) is 6. The van der Waals surface area contributed by atoms with Gasteiger partial charge in [0, 0.05) is 18.3 Å². The second kappa shape index (κ2) is 4.92. The fraction of sp³-hybridized carbons (Fsp3) is 0.0833. The van der Waals surface area contributed by atoms with Gasteiger partial charge in [-0.15, -0.1) is 14.8 Å². The maximum absolute atomic E-state index is 10.9. The van der Waals surface area contributed by atoms with Gasteiger partial charge in [0.15, 0.2) is 11.5 Å². The number of rotatable bonds is 3. The zero-order valence-corrected chi connectivity index (χ0v) is 10.6. The van der Waals surface area contributed by atoms with Crippen molar-refractivity contribution in [2.24, 2.45) is 0 Å². The molecule has 0 unspecified atom stereocenters. The number of amides is 1. The molecule has 100 valence electrons. The zero-order chi connectivity index (χ0) is 13.9. The minimum absolute atomic E-state index is 0.100. The molecule has 0 bridgehead atoms. The lowest BCUT2D eigenvalue weighted by Gasteiger charge is -2.06. The van der Waals surface area contributed by atoms with E-state index >= 15 is 0 Å². The van der Waals surface area contributed by atoms with Crippen LogP contribution in [0.5, 0.6) is 0 Å². The van der Waals surface area contributed by atoms with E-state index in [1.807, 2.05) is 12.1 Å². The van der Waals surface area contributed by atoms with Crippen molar-refractivity contribution >= 4 is 28.7 Å². The minimum Gasteiger partial charge on any atom is -0.339 e. The Morgan fingerprint density at radius 1 is 1.10 bits per heavy atom. The van der Waals surface area contributed by atoms with Crippen LogP contribution in [0.4, 0.5) is 17.2 Å². The van der Waals surface area contributed by atoms with Gasteiger partial charge in [-0.3, -0.25) is 4.79 Å². The Morgan fingerprint density at radius 2 is 1.85 bits per heavy atom. The molecule has 1 amide bonds. The van der Waals surface area contributed by atoms with Crippen molar-refractivity contribution in [1.29, 1.82) is 0 Å². The minimum atomic E-state index is -0.100. The molecule has 2 N–H and O–H groups in total. The van der Waals surface area contributed by atoms with Gasteiger partial charge >= 0.3 is 0 Å². The van der Waals surface area contributed by atoms with Crippen molar-refractivity contribution in [1.82, 2.24) is 25.3 Å². The zero-order valence-electron chi connectivity index (χ0n) is 10.6. The summed E-state index contributed by atoms with van der Waals surface area (Å²) in [6.45, 7) is 1.47. The van der Waals surface area contributed by atoms with Crippen LogP contribution in [-0.4, -0.2) is 31.2 Å². The predicted octanol–water partition coefficient (Wildman–Crippen LogP) is 1.22. The summed E-state index contributed by atoms with van der Waals surface area (Å²) in [5, 5.41) is 21.1. The summed E-state index contributed by atoms with van der Waals surface area (Å²) in [4.78, 5) is 10.9. The molecular formula is C12H11N7O. The highest BCUT2D eigenvalue weighted by Gasteiger charge is 2.01. The molecule has 2 heterocycles. The van der Waals surface area contributed by atoms with Crippen molar-refractivity contribution in [3.63, 3.8) is 0 Å². The molecule has 8 nitrogen and oxygen atoms in total. The summed E-state index contributed by atoms with van der Waals surface area (Å²) in [5.74, 6) is 0.522. The van der Waals surface area contributed by atoms with Crippen LogP contribution in [-0.2, 0) is 4.79 Å². The number of benzene rings is 1. The van der Waals surface area contributed by atoms with Crippen LogP contribution in [0.2, 0.25) is 0 Å². The summed E-state index contributed by atoms with van der Waals surface area (Å²) >= 11 is 0. The van der Waals surface area contributed by atoms with Crippen molar-refractivity contribution in [2.75, 3.05) is 10.6 Å². The predicted molar refractivity (Wildman–Crippen MR) is 72.6 cm³/mol. The summed E-state index contributed by atoms with van der Waals surface area (Å²) in [6, 6.07) is 10.8. The number of nitrogens with zero attached hydrogens (tertiary/aromatic N) is 5. The number of hydrogen-bond donors (Lipinski definition) is 2. The number of tetrazole rings is 1. The van der Waals surface area contributed by atoms with E-state index in [0.717, 1.165) is 11.4 Å². The summed E-state index contributed by atoms with van der Waals surface area (Å²) in [5.41, 5.74) is 2.17. The molecule has 0 aliphatic heterocycles. The molecule has 0 spiro atoms. The lowest BCUT2D eigenvalue weighted by molar-refractivity contribution is -0.114. The fourth-order valence-electron chi connectivity index (χ4n) is 1.70. The SMILES string of the molecule is CC(=O)Nc1ccc(Nc2ccc3nnnn3n2)cc1. The number of carbonyl (C=O) groups excluding carboxylic acids is 1. The molecule has 8 heteroatoms. The molecule has 0 saturated carbocycles. The fourth-order valence-corrected chi connectivity index (χ4v) is 1.70. The lowest BCUT2D eigenvalue weighted by Crippen LogP contribution is -2.05. The van der Waals surface area contributed by atoms with Gasteiger partial charge in [-0.25, -0.2) is 0 Å². The van der Waals surface area contributed by atoms with E-state index in [1.165, 1.54) is 11.6 Å². The van der Waals surface area contributed by atoms with E-state index in [0.29, 0.717) is 11.5 Å². The third kappa shape index (κ3) is 2.53. The molecule has 0 fully saturated rings. The first-order valence-corrected chi connectivity index (χ1v) is 5.91. The van der Waals surface area contributed by atoms with E-state index in [4.69, 9.17) is 0 Å². The molecule has 20 heavy (non-hydrogen) atoms. The molecule has 0 aliphatic rings. The monoisotopic (exact) mass is 269 g/mol. The van der Waals surface area contributed by atoms with Gasteiger partial charge in [0.25, 0.3) is 0 Å². The van der Waals surface area contributed by atoms with Crippen LogP contribution < -0.4 is 10.6 Å². The van der Waals surface area contributed by atoms with Crippen LogP contribution in [0.3, 0.4) is 0 Å². The van der Waals surface area contributed by atoms with Gasteiger partial charge in [0.1, 0.15) is 0 Å². The van der Waals surface area contributed by atoms with Gasteiger partial charge in [0.2, 0.25) is 5.91 Å². The standard InChI is InChI=1S/C12H11N7O/c1-8(20)13-9-2-4-10(5-3-9)14-11-6-7-12-15-17-18-19(12)16-11/h2-7H,1H3,(H,13,20)(H,14,16). The van der Waals surface area contributed by atoms with E-state index < -0.39 is 0 Å². The van der Waals surface area contributed by atoms with Gasteiger partial charge in [-0.2, -0.15) is 0 Å². The van der Waals surface area contributed by atoms with Crippen LogP contribution in [0, 0.1) is 0 Å². The first-order chi connectivity index (χ1) is 9.70. The third-order valence-corrected chi connectivity index (χ3v) is 2.55. The lowest BCUT2D eigenvalue weighted by atomic mass is 10.2. The Hall–Kier alpha value is -3.03. The van der Waals surface area contributed by atoms with Gasteiger partial charge < -0.3 is 10.6 Å². The normalized spacial score (nSPS) is 10.4. The van der Waals surface area contributed by atoms with Gasteiger partial charge in [-0.05, 0) is 46.8 Å². The van der Waals surface area contributed by atoms with E-state index in [-0.39, 0.29) is 5.91 Å². The molecule has 3 aromatic rings. The Morgan fingerprint density at radius 3 is 2.60 bits per heavy atom. The van der Waals surface area contributed by atoms with Gasteiger partial charge in [0.05, 0.1) is 0 Å². The molecule has 0 atom stereocenters. The smallest absolute Gasteiger partial charge is 0.221 e. The Bertz CT molecular complexity index is 750. The number of anilines is 3. The Kier molecular flexibility index (Phi) is 2.96. The molecular weight excluding hydrogens is 258 g/mol. The van der Waals surface area contributed by atoms with Crippen LogP contribution in [0.25, 0.3) is 5.65 Å². The highest BCUT2D eigenvalue weighted by molar-refractivity contribution is 5.88. The largest absolute Gasteiger partial charge is 0.339 e. The topological polar surface area (TPSA) is 97.1 Å². The molecule has 0 aliphatic carbocycles. The van der Waals surface area contributed by atoms with Crippen LogP contribution >= 0.6 is 0 Å². The van der Waals surface area contributed by atoms with Crippen molar-refractivity contribution < 1.29 is 4.79 Å². The molecule has 2 aromatic heterocycles. The maximum Gasteiger partial charge on any atom is 0.221 e. The number of carbonyl (C=O) groups is 1. The molecule has 0 saturated heterocycles. The summed E-state index contributed by atoms with van der Waals surface area (Å²) in [7, 11) is 0. The van der Waals surface area contributed by atoms with E-state index in [9.17, 15) is 4.79 Å². The van der Waals surface area contributed by atoms with Crippen LogP contribution in [0.1, 0.15) is 6.92 Å². The van der Waals surface area contributed by atoms with E-state index in [1.54, 1.807) is 24.3 Å². The second-order valence-corrected chi connectivity index (χ2v) is 4.13. The summed E-state index contributed by atoms with van der Waals surface area (Å²) < 4.78 is 1.34. The van der Waals surface area contributed by atoms with Crippen molar-refractivity contribution in [2.45, 2.75) is 6.92 Å². The first-order valence-electron chi connectivity index (χ1n) is 5.91. The average molecular weight is 269 g/mol.